The Kier molecular flexibility index (Phi) is 3.16. The van der Waals surface area contributed by atoms with Crippen molar-refractivity contribution in [2.75, 3.05) is 5.73 Å². The normalized spacial score (nSPS) is 9.53. The van der Waals surface area contributed by atoms with Gasteiger partial charge in [0.05, 0.1) is 0 Å². The lowest BCUT2D eigenvalue weighted by Gasteiger charge is -1.99. The van der Waals surface area contributed by atoms with E-state index in [0.29, 0.717) is 0 Å². The highest BCUT2D eigenvalue weighted by molar-refractivity contribution is 5.51. The molecule has 2 rings (SSSR count). The Morgan fingerprint density at radius 1 is 0.941 bits per heavy atom. The summed E-state index contributed by atoms with van der Waals surface area (Å²) < 4.78 is 0. The van der Waals surface area contributed by atoms with Crippen molar-refractivity contribution in [2.45, 2.75) is 13.8 Å². The molecule has 2 aromatic rings. The molecule has 0 fully saturated rings. The number of nitrogens with two attached hydrogens (primary N) is 1. The van der Waals surface area contributed by atoms with Crippen LogP contribution in [0.4, 0.5) is 5.69 Å². The summed E-state index contributed by atoms with van der Waals surface area (Å²) in [6.07, 6.45) is 0. The molecule has 0 heterocycles. The zero-order valence-electron chi connectivity index (χ0n) is 10.1. The van der Waals surface area contributed by atoms with Crippen LogP contribution in [-0.2, 0) is 0 Å². The molecule has 84 valence electrons. The first kappa shape index (κ1) is 11.3. The lowest BCUT2D eigenvalue weighted by molar-refractivity contribution is 1.36. The highest BCUT2D eigenvalue weighted by Crippen LogP contribution is 2.10. The van der Waals surface area contributed by atoms with Crippen molar-refractivity contribution >= 4 is 5.69 Å². The van der Waals surface area contributed by atoms with Gasteiger partial charge < -0.3 is 5.73 Å². The van der Waals surface area contributed by atoms with Crippen LogP contribution in [-0.4, -0.2) is 0 Å². The van der Waals surface area contributed by atoms with Crippen molar-refractivity contribution in [3.63, 3.8) is 0 Å². The Labute approximate surface area is 102 Å². The van der Waals surface area contributed by atoms with Gasteiger partial charge in [0.25, 0.3) is 0 Å². The fraction of sp³-hybridized carbons (Fsp3) is 0.125. The molecule has 2 N–H and O–H groups in total. The molecule has 0 aliphatic carbocycles. The monoisotopic (exact) mass is 221 g/mol. The van der Waals surface area contributed by atoms with Crippen LogP contribution in [0.5, 0.6) is 0 Å². The molecule has 0 saturated heterocycles. The molecule has 0 aromatic heterocycles. The number of rotatable bonds is 0. The number of hydrogen-bond acceptors (Lipinski definition) is 1. The Morgan fingerprint density at radius 2 is 1.76 bits per heavy atom. The van der Waals surface area contributed by atoms with Crippen molar-refractivity contribution in [1.29, 1.82) is 0 Å². The van der Waals surface area contributed by atoms with Crippen LogP contribution in [0.15, 0.2) is 42.5 Å². The van der Waals surface area contributed by atoms with Crippen molar-refractivity contribution in [3.05, 3.63) is 64.7 Å². The zero-order chi connectivity index (χ0) is 12.3. The van der Waals surface area contributed by atoms with E-state index in [-0.39, 0.29) is 0 Å². The van der Waals surface area contributed by atoms with Crippen molar-refractivity contribution in [1.82, 2.24) is 0 Å². The molecular weight excluding hydrogens is 206 g/mol. The summed E-state index contributed by atoms with van der Waals surface area (Å²) in [5, 5.41) is 0. The molecule has 1 nitrogen and oxygen atoms in total. The summed E-state index contributed by atoms with van der Waals surface area (Å²) in [7, 11) is 0. The van der Waals surface area contributed by atoms with Crippen molar-refractivity contribution in [3.8, 4) is 11.8 Å². The van der Waals surface area contributed by atoms with Gasteiger partial charge in [-0.3, -0.25) is 0 Å². The zero-order valence-corrected chi connectivity index (χ0v) is 10.1. The molecule has 17 heavy (non-hydrogen) atoms. The fourth-order valence-corrected chi connectivity index (χ4v) is 1.71. The topological polar surface area (TPSA) is 26.0 Å². The quantitative estimate of drug-likeness (QED) is 0.536. The van der Waals surface area contributed by atoms with Crippen LogP contribution >= 0.6 is 0 Å². The summed E-state index contributed by atoms with van der Waals surface area (Å²) >= 11 is 0. The summed E-state index contributed by atoms with van der Waals surface area (Å²) in [4.78, 5) is 0. The Hall–Kier alpha value is -2.20. The second-order valence-corrected chi connectivity index (χ2v) is 4.19. The fourth-order valence-electron chi connectivity index (χ4n) is 1.71. The van der Waals surface area contributed by atoms with Gasteiger partial charge in [0.1, 0.15) is 0 Å². The Morgan fingerprint density at radius 3 is 2.47 bits per heavy atom. The van der Waals surface area contributed by atoms with Gasteiger partial charge in [-0.05, 0) is 43.7 Å². The summed E-state index contributed by atoms with van der Waals surface area (Å²) in [5.74, 6) is 6.31. The van der Waals surface area contributed by atoms with Gasteiger partial charge in [0, 0.05) is 16.8 Å². The minimum absolute atomic E-state index is 0.748. The molecule has 0 aliphatic rings. The number of benzene rings is 2. The summed E-state index contributed by atoms with van der Waals surface area (Å²) in [6, 6.07) is 13.9. The lowest BCUT2D eigenvalue weighted by Crippen LogP contribution is -1.85. The SMILES string of the molecule is Cc1ccc(C#Cc2cccc(N)c2)c(C)c1. The molecule has 0 bridgehead atoms. The maximum Gasteiger partial charge on any atom is 0.0326 e. The molecule has 0 atom stereocenters. The summed E-state index contributed by atoms with van der Waals surface area (Å²) in [6.45, 7) is 4.17. The third-order valence-corrected chi connectivity index (χ3v) is 2.61. The van der Waals surface area contributed by atoms with E-state index in [1.165, 1.54) is 11.1 Å². The van der Waals surface area contributed by atoms with E-state index < -0.39 is 0 Å². The van der Waals surface area contributed by atoms with Crippen molar-refractivity contribution in [2.24, 2.45) is 0 Å². The summed E-state index contributed by atoms with van der Waals surface area (Å²) in [5.41, 5.74) is 10.9. The van der Waals surface area contributed by atoms with Crippen LogP contribution in [0.2, 0.25) is 0 Å². The largest absolute Gasteiger partial charge is 0.399 e. The predicted octanol–water partition coefficient (Wildman–Crippen LogP) is 3.29. The highest BCUT2D eigenvalue weighted by Gasteiger charge is 1.94. The van der Waals surface area contributed by atoms with Crippen LogP contribution in [0.1, 0.15) is 22.3 Å². The molecule has 0 aliphatic heterocycles. The van der Waals surface area contributed by atoms with E-state index in [1.54, 1.807) is 0 Å². The molecule has 0 spiro atoms. The van der Waals surface area contributed by atoms with Gasteiger partial charge in [-0.25, -0.2) is 0 Å². The number of nitrogen functional groups attached to an aromatic ring is 1. The average Bonchev–Trinajstić information content (AvgIpc) is 2.28. The first-order valence-electron chi connectivity index (χ1n) is 5.60. The predicted molar refractivity (Wildman–Crippen MR) is 72.8 cm³/mol. The van der Waals surface area contributed by atoms with Crippen LogP contribution in [0, 0.1) is 25.7 Å². The van der Waals surface area contributed by atoms with Gasteiger partial charge >= 0.3 is 0 Å². The molecule has 1 heteroatoms. The van der Waals surface area contributed by atoms with Gasteiger partial charge in [-0.1, -0.05) is 35.6 Å². The second-order valence-electron chi connectivity index (χ2n) is 4.19. The first-order valence-corrected chi connectivity index (χ1v) is 5.60. The smallest absolute Gasteiger partial charge is 0.0326 e. The number of aryl methyl sites for hydroxylation is 2. The van der Waals surface area contributed by atoms with Crippen LogP contribution in [0.3, 0.4) is 0 Å². The molecule has 0 saturated carbocycles. The van der Waals surface area contributed by atoms with E-state index in [0.717, 1.165) is 16.8 Å². The molecule has 2 aromatic carbocycles. The van der Waals surface area contributed by atoms with E-state index in [9.17, 15) is 0 Å². The molecule has 0 radical (unpaired) electrons. The minimum Gasteiger partial charge on any atom is -0.399 e. The van der Waals surface area contributed by atoms with Gasteiger partial charge in [-0.2, -0.15) is 0 Å². The van der Waals surface area contributed by atoms with Gasteiger partial charge in [0.15, 0.2) is 0 Å². The molecule has 0 unspecified atom stereocenters. The molecular formula is C16H15N. The Balaban J connectivity index is 2.33. The maximum atomic E-state index is 5.71. The number of hydrogen-bond donors (Lipinski definition) is 1. The van der Waals surface area contributed by atoms with Crippen molar-refractivity contribution < 1.29 is 0 Å². The van der Waals surface area contributed by atoms with Gasteiger partial charge in [0.2, 0.25) is 0 Å². The third-order valence-electron chi connectivity index (χ3n) is 2.61. The lowest BCUT2D eigenvalue weighted by atomic mass is 10.1. The van der Waals surface area contributed by atoms with Crippen LogP contribution < -0.4 is 5.73 Å². The molecule has 0 amide bonds. The van der Waals surface area contributed by atoms with E-state index in [4.69, 9.17) is 5.73 Å². The van der Waals surface area contributed by atoms with E-state index >= 15 is 0 Å². The standard InChI is InChI=1S/C16H15N/c1-12-6-8-15(13(2)10-12)9-7-14-4-3-5-16(17)11-14/h3-6,8,10-11H,17H2,1-2H3. The van der Waals surface area contributed by atoms with Crippen LogP contribution in [0.25, 0.3) is 0 Å². The Bertz CT molecular complexity index is 600. The third kappa shape index (κ3) is 2.89. The van der Waals surface area contributed by atoms with Gasteiger partial charge in [-0.15, -0.1) is 0 Å². The first-order chi connectivity index (χ1) is 8.15. The highest BCUT2D eigenvalue weighted by atomic mass is 14.5. The minimum atomic E-state index is 0.748. The maximum absolute atomic E-state index is 5.71. The van der Waals surface area contributed by atoms with E-state index in [1.807, 2.05) is 24.3 Å². The number of anilines is 1. The average molecular weight is 221 g/mol. The van der Waals surface area contributed by atoms with E-state index in [2.05, 4.69) is 43.9 Å². The second kappa shape index (κ2) is 4.76.